The van der Waals surface area contributed by atoms with Gasteiger partial charge in [-0.1, -0.05) is 0 Å². The number of ether oxygens (including phenoxy) is 1. The maximum atomic E-state index is 11.3. The van der Waals surface area contributed by atoms with E-state index in [4.69, 9.17) is 10.5 Å². The molecule has 3 N–H and O–H groups in total. The minimum Gasteiger partial charge on any atom is -0.462 e. The van der Waals surface area contributed by atoms with Gasteiger partial charge in [0, 0.05) is 7.05 Å². The summed E-state index contributed by atoms with van der Waals surface area (Å²) in [6.07, 6.45) is 0. The van der Waals surface area contributed by atoms with E-state index in [1.54, 1.807) is 14.0 Å². The molecule has 72 valence electrons. The van der Waals surface area contributed by atoms with Crippen molar-refractivity contribution in [1.29, 1.82) is 0 Å². The molecule has 0 aromatic carbocycles. The number of nitrogens with zero attached hydrogens (tertiary/aromatic N) is 1. The summed E-state index contributed by atoms with van der Waals surface area (Å²) in [6.45, 7) is 2.07. The maximum absolute atomic E-state index is 11.3. The number of nitrogens with one attached hydrogen (secondary N) is 1. The molecule has 0 aliphatic carbocycles. The van der Waals surface area contributed by atoms with Gasteiger partial charge in [0.25, 0.3) is 0 Å². The van der Waals surface area contributed by atoms with Gasteiger partial charge in [-0.3, -0.25) is 0 Å². The Morgan fingerprint density at radius 2 is 2.46 bits per heavy atom. The largest absolute Gasteiger partial charge is 0.462 e. The minimum atomic E-state index is -0.432. The molecule has 0 amide bonds. The van der Waals surface area contributed by atoms with Crippen molar-refractivity contribution in [1.82, 2.24) is 4.37 Å². The number of hydrogen-bond acceptors (Lipinski definition) is 6. The molecule has 0 saturated carbocycles. The summed E-state index contributed by atoms with van der Waals surface area (Å²) in [6, 6.07) is 0. The van der Waals surface area contributed by atoms with Gasteiger partial charge >= 0.3 is 5.97 Å². The molecule has 0 bridgehead atoms. The molecule has 1 rings (SSSR count). The Labute approximate surface area is 80.1 Å². The average Bonchev–Trinajstić information content (AvgIpc) is 2.47. The first kappa shape index (κ1) is 9.79. The van der Waals surface area contributed by atoms with Crippen LogP contribution < -0.4 is 11.1 Å². The van der Waals surface area contributed by atoms with Gasteiger partial charge in [0.2, 0.25) is 0 Å². The topological polar surface area (TPSA) is 77.2 Å². The monoisotopic (exact) mass is 201 g/mol. The average molecular weight is 201 g/mol. The fraction of sp³-hybridized carbons (Fsp3) is 0.429. The minimum absolute atomic E-state index is 0.216. The standard InChI is InChI=1S/C7H11N3O2S/c1-3-12-7(11)4-5(8)10-13-6(4)9-2/h9H,3H2,1-2H3,(H2,8,10). The van der Waals surface area contributed by atoms with E-state index in [9.17, 15) is 4.79 Å². The quantitative estimate of drug-likeness (QED) is 0.712. The lowest BCUT2D eigenvalue weighted by Gasteiger charge is -2.02. The van der Waals surface area contributed by atoms with Crippen molar-refractivity contribution >= 4 is 28.3 Å². The third-order valence-electron chi connectivity index (χ3n) is 1.43. The fourth-order valence-corrected chi connectivity index (χ4v) is 1.52. The van der Waals surface area contributed by atoms with E-state index in [1.807, 2.05) is 0 Å². The zero-order valence-electron chi connectivity index (χ0n) is 7.46. The number of aromatic nitrogens is 1. The van der Waals surface area contributed by atoms with Gasteiger partial charge in [-0.25, -0.2) is 4.79 Å². The van der Waals surface area contributed by atoms with E-state index in [1.165, 1.54) is 0 Å². The fourth-order valence-electron chi connectivity index (χ4n) is 0.874. The highest BCUT2D eigenvalue weighted by molar-refractivity contribution is 7.11. The van der Waals surface area contributed by atoms with Gasteiger partial charge < -0.3 is 15.8 Å². The summed E-state index contributed by atoms with van der Waals surface area (Å²) < 4.78 is 8.66. The van der Waals surface area contributed by atoms with Crippen LogP contribution in [-0.2, 0) is 4.74 Å². The Bertz CT molecular complexity index is 311. The van der Waals surface area contributed by atoms with Crippen LogP contribution in [0.2, 0.25) is 0 Å². The second-order valence-electron chi connectivity index (χ2n) is 2.24. The van der Waals surface area contributed by atoms with E-state index in [0.717, 1.165) is 11.5 Å². The third-order valence-corrected chi connectivity index (χ3v) is 2.30. The molecule has 1 heterocycles. The summed E-state index contributed by atoms with van der Waals surface area (Å²) in [5.74, 6) is -0.217. The number of hydrogen-bond donors (Lipinski definition) is 2. The molecule has 0 spiro atoms. The number of carbonyl (C=O) groups excluding carboxylic acids is 1. The number of carbonyl (C=O) groups is 1. The van der Waals surface area contributed by atoms with E-state index < -0.39 is 5.97 Å². The van der Waals surface area contributed by atoms with Crippen molar-refractivity contribution in [2.24, 2.45) is 0 Å². The molecular weight excluding hydrogens is 190 g/mol. The molecule has 0 unspecified atom stereocenters. The Morgan fingerprint density at radius 3 is 3.00 bits per heavy atom. The highest BCUT2D eigenvalue weighted by Crippen LogP contribution is 2.26. The van der Waals surface area contributed by atoms with Gasteiger partial charge in [-0.05, 0) is 18.5 Å². The predicted octanol–water partition coefficient (Wildman–Crippen LogP) is 0.944. The van der Waals surface area contributed by atoms with Crippen molar-refractivity contribution in [3.8, 4) is 0 Å². The van der Waals surface area contributed by atoms with E-state index in [-0.39, 0.29) is 5.82 Å². The number of rotatable bonds is 3. The third kappa shape index (κ3) is 1.89. The first-order chi connectivity index (χ1) is 6.20. The van der Waals surface area contributed by atoms with Crippen LogP contribution in [0.15, 0.2) is 0 Å². The second kappa shape index (κ2) is 4.08. The van der Waals surface area contributed by atoms with E-state index in [2.05, 4.69) is 9.69 Å². The van der Waals surface area contributed by atoms with Crippen molar-refractivity contribution < 1.29 is 9.53 Å². The summed E-state index contributed by atoms with van der Waals surface area (Å²) in [5, 5.41) is 3.47. The van der Waals surface area contributed by atoms with Crippen LogP contribution in [0.25, 0.3) is 0 Å². The van der Waals surface area contributed by atoms with E-state index >= 15 is 0 Å². The lowest BCUT2D eigenvalue weighted by molar-refractivity contribution is 0.0529. The Balaban J connectivity index is 2.96. The zero-order chi connectivity index (χ0) is 9.84. The Morgan fingerprint density at radius 1 is 1.77 bits per heavy atom. The van der Waals surface area contributed by atoms with Crippen LogP contribution in [0.5, 0.6) is 0 Å². The van der Waals surface area contributed by atoms with Crippen molar-refractivity contribution in [3.05, 3.63) is 5.56 Å². The van der Waals surface area contributed by atoms with Crippen LogP contribution in [0, 0.1) is 0 Å². The molecule has 6 heteroatoms. The molecule has 0 saturated heterocycles. The summed E-state index contributed by atoms with van der Waals surface area (Å²) in [5.41, 5.74) is 5.83. The van der Waals surface area contributed by atoms with Crippen molar-refractivity contribution in [3.63, 3.8) is 0 Å². The van der Waals surface area contributed by atoms with Gasteiger partial charge in [0.05, 0.1) is 6.61 Å². The molecule has 5 nitrogen and oxygen atoms in total. The van der Waals surface area contributed by atoms with Crippen LogP contribution in [0.3, 0.4) is 0 Å². The number of anilines is 2. The maximum Gasteiger partial charge on any atom is 0.344 e. The molecule has 0 radical (unpaired) electrons. The van der Waals surface area contributed by atoms with Gasteiger partial charge in [-0.2, -0.15) is 4.37 Å². The highest BCUT2D eigenvalue weighted by Gasteiger charge is 2.19. The first-order valence-corrected chi connectivity index (χ1v) is 4.58. The van der Waals surface area contributed by atoms with E-state index in [0.29, 0.717) is 17.2 Å². The summed E-state index contributed by atoms with van der Waals surface area (Å²) in [4.78, 5) is 11.3. The second-order valence-corrected chi connectivity index (χ2v) is 3.02. The molecule has 0 fully saturated rings. The Hall–Kier alpha value is -1.30. The summed E-state index contributed by atoms with van der Waals surface area (Å²) >= 11 is 1.14. The lowest BCUT2D eigenvalue weighted by Crippen LogP contribution is -2.08. The molecule has 1 aromatic rings. The first-order valence-electron chi connectivity index (χ1n) is 3.80. The number of nitrogen functional groups attached to an aromatic ring is 1. The van der Waals surface area contributed by atoms with Crippen molar-refractivity contribution in [2.45, 2.75) is 6.92 Å². The molecule has 0 aliphatic heterocycles. The van der Waals surface area contributed by atoms with Gasteiger partial charge in [0.15, 0.2) is 5.82 Å². The molecular formula is C7H11N3O2S. The van der Waals surface area contributed by atoms with Crippen molar-refractivity contribution in [2.75, 3.05) is 24.7 Å². The molecule has 0 atom stereocenters. The zero-order valence-corrected chi connectivity index (χ0v) is 8.27. The van der Waals surface area contributed by atoms with Crippen LogP contribution >= 0.6 is 11.5 Å². The van der Waals surface area contributed by atoms with Crippen LogP contribution in [0.1, 0.15) is 17.3 Å². The van der Waals surface area contributed by atoms with Crippen LogP contribution in [-0.4, -0.2) is 24.0 Å². The smallest absolute Gasteiger partial charge is 0.344 e. The summed E-state index contributed by atoms with van der Waals surface area (Å²) in [7, 11) is 1.70. The van der Waals surface area contributed by atoms with Gasteiger partial charge in [0.1, 0.15) is 10.6 Å². The Kier molecular flexibility index (Phi) is 3.07. The number of esters is 1. The molecule has 0 aliphatic rings. The molecule has 13 heavy (non-hydrogen) atoms. The highest BCUT2D eigenvalue weighted by atomic mass is 32.1. The number of nitrogens with two attached hydrogens (primary N) is 1. The predicted molar refractivity (Wildman–Crippen MR) is 52.0 cm³/mol. The normalized spacial score (nSPS) is 9.69. The lowest BCUT2D eigenvalue weighted by atomic mass is 10.3. The molecule has 1 aromatic heterocycles. The SMILES string of the molecule is CCOC(=O)c1c(N)nsc1NC. The van der Waals surface area contributed by atoms with Gasteiger partial charge in [-0.15, -0.1) is 0 Å². The van der Waals surface area contributed by atoms with Crippen LogP contribution in [0.4, 0.5) is 10.8 Å².